The average Bonchev–Trinajstić information content (AvgIpc) is 3.43. The van der Waals surface area contributed by atoms with E-state index < -0.39 is 12.1 Å². The average molecular weight is 499 g/mol. The van der Waals surface area contributed by atoms with Gasteiger partial charge in [-0.1, -0.05) is 51.3 Å². The summed E-state index contributed by atoms with van der Waals surface area (Å²) in [5.41, 5.74) is 2.22. The molecule has 2 saturated heterocycles. The van der Waals surface area contributed by atoms with Gasteiger partial charge >= 0.3 is 13.2 Å². The molecule has 9 heteroatoms. The summed E-state index contributed by atoms with van der Waals surface area (Å²) in [6.45, 7) is 21.2. The molecule has 1 aromatic rings. The molecule has 1 unspecified atom stereocenters. The molecule has 0 saturated carbocycles. The number of benzene rings is 1. The molecular weight excluding hydrogens is 457 g/mol. The second-order valence-electron chi connectivity index (χ2n) is 10.4. The predicted molar refractivity (Wildman–Crippen MR) is 145 cm³/mol. The number of alkyl carbamates (subject to hydrolysis) is 1. The lowest BCUT2D eigenvalue weighted by Crippen LogP contribution is -2.50. The van der Waals surface area contributed by atoms with Gasteiger partial charge in [0.15, 0.2) is 0 Å². The van der Waals surface area contributed by atoms with Gasteiger partial charge in [0.1, 0.15) is 6.04 Å². The Morgan fingerprint density at radius 1 is 1.08 bits per heavy atom. The number of nitrogens with one attached hydrogen (secondary N) is 2. The van der Waals surface area contributed by atoms with E-state index in [4.69, 9.17) is 9.31 Å². The van der Waals surface area contributed by atoms with Gasteiger partial charge in [-0.2, -0.15) is 0 Å². The molecule has 2 fully saturated rings. The number of rotatable bonds is 7. The van der Waals surface area contributed by atoms with Crippen LogP contribution < -0.4 is 16.1 Å². The van der Waals surface area contributed by atoms with E-state index in [1.165, 1.54) is 7.11 Å². The topological polar surface area (TPSA) is 89.1 Å². The third kappa shape index (κ3) is 7.37. The lowest BCUT2D eigenvalue weighted by Gasteiger charge is -2.32. The van der Waals surface area contributed by atoms with Crippen LogP contribution in [0.4, 0.5) is 4.79 Å². The molecule has 2 aliphatic rings. The Kier molecular flexibility index (Phi) is 10.2. The van der Waals surface area contributed by atoms with Crippen molar-refractivity contribution in [1.29, 1.82) is 0 Å². The van der Waals surface area contributed by atoms with Crippen LogP contribution in [0.15, 0.2) is 43.6 Å². The molecule has 1 aromatic carbocycles. The number of amides is 2. The molecule has 0 radical (unpaired) electrons. The van der Waals surface area contributed by atoms with Gasteiger partial charge in [-0.05, 0) is 63.7 Å². The third-order valence-corrected chi connectivity index (χ3v) is 6.87. The Morgan fingerprint density at radius 2 is 1.61 bits per heavy atom. The molecule has 0 bridgehead atoms. The first-order valence-electron chi connectivity index (χ1n) is 12.5. The van der Waals surface area contributed by atoms with Crippen LogP contribution in [-0.2, 0) is 18.8 Å². The van der Waals surface area contributed by atoms with Crippen LogP contribution in [0, 0.1) is 5.92 Å². The minimum absolute atomic E-state index is 0.00194. The normalized spacial score (nSPS) is 18.7. The summed E-state index contributed by atoms with van der Waals surface area (Å²) in [5, 5.41) is 5.57. The van der Waals surface area contributed by atoms with Crippen molar-refractivity contribution in [2.24, 2.45) is 5.92 Å². The molecule has 3 rings (SSSR count). The van der Waals surface area contributed by atoms with E-state index >= 15 is 0 Å². The van der Waals surface area contributed by atoms with Gasteiger partial charge < -0.3 is 29.6 Å². The predicted octanol–water partition coefficient (Wildman–Crippen LogP) is 3.68. The summed E-state index contributed by atoms with van der Waals surface area (Å²) in [4.78, 5) is 25.0. The number of methoxy groups -OCH3 is 1. The maximum absolute atomic E-state index is 12.1. The van der Waals surface area contributed by atoms with Crippen molar-refractivity contribution in [2.75, 3.05) is 20.2 Å². The number of carbonyl (C=O) groups excluding carboxylic acids is 2. The molecule has 198 valence electrons. The molecule has 2 aliphatic heterocycles. The monoisotopic (exact) mass is 499 g/mol. The van der Waals surface area contributed by atoms with E-state index in [0.717, 1.165) is 42.7 Å². The second kappa shape index (κ2) is 12.5. The van der Waals surface area contributed by atoms with Crippen LogP contribution in [0.5, 0.6) is 0 Å². The lowest BCUT2D eigenvalue weighted by atomic mass is 9.79. The van der Waals surface area contributed by atoms with Crippen molar-refractivity contribution >= 4 is 30.3 Å². The second-order valence-corrected chi connectivity index (χ2v) is 10.4. The smallest absolute Gasteiger partial charge is 0.453 e. The summed E-state index contributed by atoms with van der Waals surface area (Å²) < 4.78 is 16.6. The van der Waals surface area contributed by atoms with Crippen molar-refractivity contribution in [3.05, 3.63) is 49.2 Å². The summed E-state index contributed by atoms with van der Waals surface area (Å²) >= 11 is 0. The van der Waals surface area contributed by atoms with Gasteiger partial charge in [0.05, 0.1) is 18.3 Å². The van der Waals surface area contributed by atoms with Crippen LogP contribution in [0.3, 0.4) is 0 Å². The quantitative estimate of drug-likeness (QED) is 0.557. The summed E-state index contributed by atoms with van der Waals surface area (Å²) in [6.07, 6.45) is 3.17. The van der Waals surface area contributed by atoms with Gasteiger partial charge in [0.2, 0.25) is 5.91 Å². The highest BCUT2D eigenvalue weighted by Gasteiger charge is 2.51. The fourth-order valence-corrected chi connectivity index (χ4v) is 3.86. The zero-order valence-electron chi connectivity index (χ0n) is 22.8. The van der Waals surface area contributed by atoms with E-state index in [9.17, 15) is 9.59 Å². The first-order chi connectivity index (χ1) is 16.8. The number of hydrogen-bond acceptors (Lipinski definition) is 6. The van der Waals surface area contributed by atoms with Gasteiger partial charge in [0.25, 0.3) is 0 Å². The van der Waals surface area contributed by atoms with Crippen molar-refractivity contribution in [3.8, 4) is 0 Å². The zero-order chi connectivity index (χ0) is 27.1. The Morgan fingerprint density at radius 3 is 2.06 bits per heavy atom. The van der Waals surface area contributed by atoms with Crippen LogP contribution in [0.25, 0.3) is 5.70 Å². The molecule has 0 spiro atoms. The van der Waals surface area contributed by atoms with Crippen LogP contribution in [-0.4, -0.2) is 61.5 Å². The summed E-state index contributed by atoms with van der Waals surface area (Å²) in [6, 6.07) is 7.53. The maximum Gasteiger partial charge on any atom is 0.494 e. The minimum Gasteiger partial charge on any atom is -0.453 e. The standard InChI is InChI=1S/C16H22BNO2.C11H20N2O3/c1-7-18-12(2)13-8-10-14(11-9-13)17-19-15(3,4)16(5,6)20-17;1-8(2)9(12-11(15)16-3)10(14)13-6-4-5-7-13/h7-11,18H,1-2H2,3-6H3;8-9H,4-7H2,1-3H3,(H,12,15). The Labute approximate surface area is 216 Å². The fourth-order valence-electron chi connectivity index (χ4n) is 3.86. The highest BCUT2D eigenvalue weighted by molar-refractivity contribution is 6.62. The van der Waals surface area contributed by atoms with Crippen LogP contribution in [0.1, 0.15) is 59.9 Å². The molecule has 36 heavy (non-hydrogen) atoms. The molecule has 2 heterocycles. The molecule has 0 aliphatic carbocycles. The highest BCUT2D eigenvalue weighted by atomic mass is 16.7. The van der Waals surface area contributed by atoms with Gasteiger partial charge in [-0.3, -0.25) is 4.79 Å². The first kappa shape index (κ1) is 29.5. The zero-order valence-corrected chi connectivity index (χ0v) is 22.8. The van der Waals surface area contributed by atoms with Crippen molar-refractivity contribution < 1.29 is 23.6 Å². The van der Waals surface area contributed by atoms with E-state index in [-0.39, 0.29) is 30.1 Å². The molecular formula is C27H42BN3O5. The number of ether oxygens (including phenoxy) is 1. The Balaban J connectivity index is 0.000000261. The molecule has 8 nitrogen and oxygen atoms in total. The highest BCUT2D eigenvalue weighted by Crippen LogP contribution is 2.36. The summed E-state index contributed by atoms with van der Waals surface area (Å²) in [5.74, 6) is 0.0603. The van der Waals surface area contributed by atoms with Gasteiger partial charge in [-0.15, -0.1) is 0 Å². The van der Waals surface area contributed by atoms with Gasteiger partial charge in [0, 0.05) is 18.8 Å². The lowest BCUT2D eigenvalue weighted by molar-refractivity contribution is -0.133. The Hall–Kier alpha value is -2.78. The fraction of sp³-hybridized carbons (Fsp3) is 0.556. The SMILES string of the molecule is C=CNC(=C)c1ccc(B2OC(C)(C)C(C)(C)O2)cc1.COC(=O)NC(C(=O)N1CCCC1)C(C)C. The van der Waals surface area contributed by atoms with E-state index in [2.05, 4.69) is 56.2 Å². The van der Waals surface area contributed by atoms with Gasteiger partial charge in [-0.25, -0.2) is 4.79 Å². The largest absolute Gasteiger partial charge is 0.494 e. The first-order valence-corrected chi connectivity index (χ1v) is 12.5. The number of nitrogens with zero attached hydrogens (tertiary/aromatic N) is 1. The minimum atomic E-state index is -0.550. The number of carbonyl (C=O) groups is 2. The van der Waals surface area contributed by atoms with E-state index in [1.807, 2.05) is 38.1 Å². The summed E-state index contributed by atoms with van der Waals surface area (Å²) in [7, 11) is 0.974. The van der Waals surface area contributed by atoms with Crippen molar-refractivity contribution in [3.63, 3.8) is 0 Å². The maximum atomic E-state index is 12.1. The molecule has 1 atom stereocenters. The van der Waals surface area contributed by atoms with E-state index in [0.29, 0.717) is 0 Å². The van der Waals surface area contributed by atoms with E-state index in [1.54, 1.807) is 11.1 Å². The molecule has 2 N–H and O–H groups in total. The third-order valence-electron chi connectivity index (χ3n) is 6.87. The van der Waals surface area contributed by atoms with Crippen LogP contribution >= 0.6 is 0 Å². The number of hydrogen-bond donors (Lipinski definition) is 2. The molecule has 0 aromatic heterocycles. The van der Waals surface area contributed by atoms with Crippen molar-refractivity contribution in [2.45, 2.75) is 71.6 Å². The number of likely N-dealkylation sites (tertiary alicyclic amines) is 1. The van der Waals surface area contributed by atoms with Crippen molar-refractivity contribution in [1.82, 2.24) is 15.5 Å². The Bertz CT molecular complexity index is 908. The molecule has 2 amide bonds. The van der Waals surface area contributed by atoms with Crippen LogP contribution in [0.2, 0.25) is 0 Å².